The minimum atomic E-state index is -0.472. The number of ether oxygens (including phenoxy) is 1. The number of thiophene rings is 1. The van der Waals surface area contributed by atoms with E-state index in [0.29, 0.717) is 13.0 Å². The van der Waals surface area contributed by atoms with E-state index in [1.807, 2.05) is 37.3 Å². The molecule has 0 aliphatic heterocycles. The van der Waals surface area contributed by atoms with Crippen LogP contribution in [0.25, 0.3) is 10.1 Å². The summed E-state index contributed by atoms with van der Waals surface area (Å²) < 4.78 is 7.24. The van der Waals surface area contributed by atoms with E-state index in [0.717, 1.165) is 11.3 Å². The van der Waals surface area contributed by atoms with Gasteiger partial charge in [-0.1, -0.05) is 43.3 Å². The molecule has 1 N–H and O–H groups in total. The smallest absolute Gasteiger partial charge is 0.125 e. The van der Waals surface area contributed by atoms with Crippen LogP contribution in [0.2, 0.25) is 0 Å². The average molecular weight is 298 g/mol. The fourth-order valence-electron chi connectivity index (χ4n) is 2.41. The van der Waals surface area contributed by atoms with Crippen LogP contribution in [0.3, 0.4) is 0 Å². The van der Waals surface area contributed by atoms with Crippen molar-refractivity contribution in [2.24, 2.45) is 0 Å². The molecule has 0 radical (unpaired) electrons. The maximum atomic E-state index is 10.1. The summed E-state index contributed by atoms with van der Waals surface area (Å²) in [5.74, 6) is 0.766. The Morgan fingerprint density at radius 1 is 1.10 bits per heavy atom. The van der Waals surface area contributed by atoms with Gasteiger partial charge in [0.2, 0.25) is 0 Å². The molecule has 3 aromatic rings. The van der Waals surface area contributed by atoms with Gasteiger partial charge in [-0.3, -0.25) is 0 Å². The van der Waals surface area contributed by atoms with Crippen LogP contribution >= 0.6 is 11.3 Å². The summed E-state index contributed by atoms with van der Waals surface area (Å²) >= 11 is 1.73. The molecule has 0 saturated heterocycles. The van der Waals surface area contributed by atoms with Crippen LogP contribution in [0.15, 0.2) is 53.9 Å². The second-order valence-electron chi connectivity index (χ2n) is 5.01. The average Bonchev–Trinajstić information content (AvgIpc) is 2.96. The zero-order chi connectivity index (χ0) is 14.7. The van der Waals surface area contributed by atoms with E-state index in [4.69, 9.17) is 4.74 Å². The number of hydrogen-bond donors (Lipinski definition) is 1. The molecular formula is C18H18O2S. The molecule has 21 heavy (non-hydrogen) atoms. The predicted molar refractivity (Wildman–Crippen MR) is 87.8 cm³/mol. The SMILES string of the molecule is CC[C@H](O)c1ccccc1OCc1csc2ccccc12. The molecule has 1 atom stereocenters. The van der Waals surface area contributed by atoms with E-state index in [1.165, 1.54) is 15.6 Å². The molecule has 0 amide bonds. The van der Waals surface area contributed by atoms with Gasteiger partial charge in [0.15, 0.2) is 0 Å². The number of fused-ring (bicyclic) bond motifs is 1. The first-order chi connectivity index (χ1) is 10.3. The Kier molecular flexibility index (Phi) is 4.23. The molecule has 0 saturated carbocycles. The standard InChI is InChI=1S/C18H18O2S/c1-2-16(19)15-8-3-5-9-17(15)20-11-13-12-21-18-10-6-4-7-14(13)18/h3-10,12,16,19H,2,11H2,1H3/t16-/m0/s1. The molecule has 3 rings (SSSR count). The van der Waals surface area contributed by atoms with Crippen LogP contribution in [-0.4, -0.2) is 5.11 Å². The lowest BCUT2D eigenvalue weighted by molar-refractivity contribution is 0.166. The normalized spacial score (nSPS) is 12.5. The lowest BCUT2D eigenvalue weighted by Gasteiger charge is -2.14. The molecule has 1 heterocycles. The molecule has 2 aromatic carbocycles. The second-order valence-corrected chi connectivity index (χ2v) is 5.92. The highest BCUT2D eigenvalue weighted by Gasteiger charge is 2.12. The number of aliphatic hydroxyl groups is 1. The van der Waals surface area contributed by atoms with Crippen molar-refractivity contribution in [3.05, 3.63) is 65.0 Å². The number of benzene rings is 2. The molecule has 0 unspecified atom stereocenters. The molecular weight excluding hydrogens is 280 g/mol. The van der Waals surface area contributed by atoms with Crippen LogP contribution in [0.5, 0.6) is 5.75 Å². The van der Waals surface area contributed by atoms with Gasteiger partial charge in [-0.05, 0) is 29.3 Å². The highest BCUT2D eigenvalue weighted by atomic mass is 32.1. The molecule has 0 aliphatic carbocycles. The molecule has 108 valence electrons. The van der Waals surface area contributed by atoms with Crippen molar-refractivity contribution >= 4 is 21.4 Å². The summed E-state index contributed by atoms with van der Waals surface area (Å²) in [7, 11) is 0. The van der Waals surface area contributed by atoms with Gasteiger partial charge in [0.25, 0.3) is 0 Å². The zero-order valence-corrected chi connectivity index (χ0v) is 12.8. The van der Waals surface area contributed by atoms with E-state index in [1.54, 1.807) is 11.3 Å². The Labute approximate surface area is 128 Å². The van der Waals surface area contributed by atoms with Crippen LogP contribution in [0, 0.1) is 0 Å². The minimum Gasteiger partial charge on any atom is -0.488 e. The quantitative estimate of drug-likeness (QED) is 0.724. The highest BCUT2D eigenvalue weighted by Crippen LogP contribution is 2.30. The summed E-state index contributed by atoms with van der Waals surface area (Å²) in [6, 6.07) is 16.1. The molecule has 0 aliphatic rings. The van der Waals surface area contributed by atoms with Crippen LogP contribution in [0.4, 0.5) is 0 Å². The monoisotopic (exact) mass is 298 g/mol. The van der Waals surface area contributed by atoms with Crippen LogP contribution < -0.4 is 4.74 Å². The van der Waals surface area contributed by atoms with Crippen LogP contribution in [0.1, 0.15) is 30.6 Å². The Morgan fingerprint density at radius 3 is 2.71 bits per heavy atom. The van der Waals surface area contributed by atoms with Crippen molar-refractivity contribution < 1.29 is 9.84 Å². The van der Waals surface area contributed by atoms with E-state index >= 15 is 0 Å². The largest absolute Gasteiger partial charge is 0.488 e. The van der Waals surface area contributed by atoms with E-state index < -0.39 is 6.10 Å². The Bertz CT molecular complexity index is 733. The Hall–Kier alpha value is -1.84. The summed E-state index contributed by atoms with van der Waals surface area (Å²) in [5, 5.41) is 13.4. The van der Waals surface area contributed by atoms with Gasteiger partial charge in [-0.15, -0.1) is 11.3 Å². The number of hydrogen-bond acceptors (Lipinski definition) is 3. The van der Waals surface area contributed by atoms with E-state index in [9.17, 15) is 5.11 Å². The van der Waals surface area contributed by atoms with Gasteiger partial charge < -0.3 is 9.84 Å². The third-order valence-corrected chi connectivity index (χ3v) is 4.62. The number of para-hydroxylation sites is 1. The van der Waals surface area contributed by atoms with E-state index in [-0.39, 0.29) is 0 Å². The third-order valence-electron chi connectivity index (χ3n) is 3.61. The zero-order valence-electron chi connectivity index (χ0n) is 12.0. The van der Waals surface area contributed by atoms with Crippen molar-refractivity contribution in [2.75, 3.05) is 0 Å². The summed E-state index contributed by atoms with van der Waals surface area (Å²) in [5.41, 5.74) is 2.05. The lowest BCUT2D eigenvalue weighted by atomic mass is 10.1. The Morgan fingerprint density at radius 2 is 1.86 bits per heavy atom. The van der Waals surface area contributed by atoms with Crippen molar-refractivity contribution in [3.63, 3.8) is 0 Å². The van der Waals surface area contributed by atoms with Gasteiger partial charge in [-0.2, -0.15) is 0 Å². The predicted octanol–water partition coefficient (Wildman–Crippen LogP) is 4.92. The molecule has 2 nitrogen and oxygen atoms in total. The second kappa shape index (κ2) is 6.29. The van der Waals surface area contributed by atoms with Gasteiger partial charge in [0.1, 0.15) is 12.4 Å². The topological polar surface area (TPSA) is 29.5 Å². The van der Waals surface area contributed by atoms with Crippen molar-refractivity contribution in [3.8, 4) is 5.75 Å². The van der Waals surface area contributed by atoms with Gasteiger partial charge in [0, 0.05) is 15.8 Å². The highest BCUT2D eigenvalue weighted by molar-refractivity contribution is 7.17. The van der Waals surface area contributed by atoms with Crippen molar-refractivity contribution in [2.45, 2.75) is 26.1 Å². The molecule has 1 aromatic heterocycles. The maximum absolute atomic E-state index is 10.1. The van der Waals surface area contributed by atoms with Crippen LogP contribution in [-0.2, 0) is 6.61 Å². The fraction of sp³-hybridized carbons (Fsp3) is 0.222. The van der Waals surface area contributed by atoms with Gasteiger partial charge in [0.05, 0.1) is 6.10 Å². The van der Waals surface area contributed by atoms with Gasteiger partial charge in [-0.25, -0.2) is 0 Å². The Balaban J connectivity index is 1.82. The maximum Gasteiger partial charge on any atom is 0.125 e. The lowest BCUT2D eigenvalue weighted by Crippen LogP contribution is -2.02. The van der Waals surface area contributed by atoms with E-state index in [2.05, 4.69) is 23.6 Å². The first-order valence-corrected chi connectivity index (χ1v) is 8.02. The number of rotatable bonds is 5. The third kappa shape index (κ3) is 2.94. The molecule has 0 fully saturated rings. The number of aliphatic hydroxyl groups excluding tert-OH is 1. The first-order valence-electron chi connectivity index (χ1n) is 7.14. The van der Waals surface area contributed by atoms with Crippen molar-refractivity contribution in [1.82, 2.24) is 0 Å². The first kappa shape index (κ1) is 14.1. The van der Waals surface area contributed by atoms with Gasteiger partial charge >= 0.3 is 0 Å². The minimum absolute atomic E-state index is 0.472. The fourth-order valence-corrected chi connectivity index (χ4v) is 3.35. The molecule has 3 heteroatoms. The summed E-state index contributed by atoms with van der Waals surface area (Å²) in [6.45, 7) is 2.49. The molecule has 0 spiro atoms. The summed E-state index contributed by atoms with van der Waals surface area (Å²) in [4.78, 5) is 0. The molecule has 0 bridgehead atoms. The van der Waals surface area contributed by atoms with Crippen molar-refractivity contribution in [1.29, 1.82) is 0 Å². The summed E-state index contributed by atoms with van der Waals surface area (Å²) in [6.07, 6.45) is 0.210.